The van der Waals surface area contributed by atoms with Crippen molar-refractivity contribution in [2.24, 2.45) is 17.1 Å². The molecule has 1 fully saturated rings. The van der Waals surface area contributed by atoms with Crippen LogP contribution in [0.3, 0.4) is 0 Å². The van der Waals surface area contributed by atoms with E-state index in [0.717, 1.165) is 18.9 Å². The molecule has 1 unspecified atom stereocenters. The molecule has 2 N–H and O–H groups in total. The molecule has 144 valence electrons. The maximum atomic E-state index is 5.70. The molecule has 0 spiro atoms. The van der Waals surface area contributed by atoms with Crippen LogP contribution >= 0.6 is 0 Å². The van der Waals surface area contributed by atoms with Crippen LogP contribution in [-0.4, -0.2) is 6.54 Å². The Morgan fingerprint density at radius 3 is 2.62 bits per heavy atom. The third-order valence-electron chi connectivity index (χ3n) is 7.45. The van der Waals surface area contributed by atoms with Gasteiger partial charge in [-0.15, -0.1) is 0 Å². The number of hydrogen-bond acceptors (Lipinski definition) is 1. The molecule has 1 saturated carbocycles. The average Bonchev–Trinajstić information content (AvgIpc) is 2.59. The third kappa shape index (κ3) is 3.40. The number of nitrogens with two attached hydrogens (primary N) is 1. The van der Waals surface area contributed by atoms with Crippen LogP contribution in [-0.2, 0) is 11.8 Å². The first-order valence-electron chi connectivity index (χ1n) is 10.8. The lowest BCUT2D eigenvalue weighted by atomic mass is 9.48. The molecule has 0 saturated heterocycles. The Morgan fingerprint density at radius 1 is 1.15 bits per heavy atom. The molecule has 1 heteroatoms. The minimum Gasteiger partial charge on any atom is -0.330 e. The van der Waals surface area contributed by atoms with E-state index in [1.54, 1.807) is 16.7 Å². The molecular weight excluding hydrogens is 314 g/mol. The van der Waals surface area contributed by atoms with Crippen molar-refractivity contribution in [3.05, 3.63) is 46.5 Å². The van der Waals surface area contributed by atoms with Crippen LogP contribution < -0.4 is 5.73 Å². The predicted octanol–water partition coefficient (Wildman–Crippen LogP) is 6.51. The lowest BCUT2D eigenvalue weighted by Gasteiger charge is -2.56. The van der Waals surface area contributed by atoms with Crippen LogP contribution in [0.25, 0.3) is 0 Å². The number of hydrogen-bond donors (Lipinski definition) is 1. The van der Waals surface area contributed by atoms with Crippen molar-refractivity contribution in [1.29, 1.82) is 0 Å². The summed E-state index contributed by atoms with van der Waals surface area (Å²) in [6.45, 7) is 13.0. The summed E-state index contributed by atoms with van der Waals surface area (Å²) in [5, 5.41) is 0. The zero-order chi connectivity index (χ0) is 18.9. The lowest BCUT2D eigenvalue weighted by molar-refractivity contribution is 0.0778. The van der Waals surface area contributed by atoms with Crippen LogP contribution in [0.5, 0.6) is 0 Å². The minimum atomic E-state index is 0.216. The average molecular weight is 354 g/mol. The predicted molar refractivity (Wildman–Crippen MR) is 114 cm³/mol. The van der Waals surface area contributed by atoms with Crippen LogP contribution in [0, 0.1) is 11.3 Å². The Labute approximate surface area is 161 Å². The molecule has 0 amide bonds. The van der Waals surface area contributed by atoms with E-state index in [0.29, 0.717) is 11.3 Å². The van der Waals surface area contributed by atoms with E-state index in [4.69, 9.17) is 5.73 Å². The first kappa shape index (κ1) is 19.7. The Bertz CT molecular complexity index is 667. The monoisotopic (exact) mass is 353 g/mol. The highest BCUT2D eigenvalue weighted by atomic mass is 14.6. The standard InChI is InChI=1S/C25H39N/c1-18(2)19-10-12-22-20(17-19)11-13-23-24(3,4)15-14-21(25(22,23)5)9-7-6-8-16-26/h9-10,12,17-18,23H,6-8,11,13-16,26H2,1-5H3/t23?,25-/m1/s1. The van der Waals surface area contributed by atoms with Gasteiger partial charge in [-0.25, -0.2) is 0 Å². The van der Waals surface area contributed by atoms with Gasteiger partial charge >= 0.3 is 0 Å². The molecule has 26 heavy (non-hydrogen) atoms. The molecule has 0 bridgehead atoms. The second-order valence-electron chi connectivity index (χ2n) is 9.87. The van der Waals surface area contributed by atoms with E-state index in [-0.39, 0.29) is 5.41 Å². The van der Waals surface area contributed by atoms with Gasteiger partial charge in [0.2, 0.25) is 0 Å². The summed E-state index contributed by atoms with van der Waals surface area (Å²) in [6.07, 6.45) is 11.3. The van der Waals surface area contributed by atoms with Crippen molar-refractivity contribution >= 4 is 0 Å². The second kappa shape index (κ2) is 7.50. The molecule has 0 aliphatic heterocycles. The summed E-state index contributed by atoms with van der Waals surface area (Å²) < 4.78 is 0. The fraction of sp³-hybridized carbons (Fsp3) is 0.680. The molecule has 1 aromatic rings. The van der Waals surface area contributed by atoms with Gasteiger partial charge in [-0.2, -0.15) is 0 Å². The molecule has 2 aliphatic rings. The number of benzene rings is 1. The Kier molecular flexibility index (Phi) is 5.68. The minimum absolute atomic E-state index is 0.216. The molecule has 1 aromatic carbocycles. The van der Waals surface area contributed by atoms with Crippen molar-refractivity contribution in [2.45, 2.75) is 90.9 Å². The van der Waals surface area contributed by atoms with Crippen molar-refractivity contribution in [3.8, 4) is 0 Å². The highest BCUT2D eigenvalue weighted by Crippen LogP contribution is 2.59. The van der Waals surface area contributed by atoms with Gasteiger partial charge in [0.15, 0.2) is 0 Å². The number of rotatable bonds is 5. The molecule has 3 rings (SSSR count). The summed E-state index contributed by atoms with van der Waals surface area (Å²) in [5.41, 5.74) is 12.8. The van der Waals surface area contributed by atoms with Crippen LogP contribution in [0.2, 0.25) is 0 Å². The Morgan fingerprint density at radius 2 is 1.92 bits per heavy atom. The first-order valence-corrected chi connectivity index (χ1v) is 10.8. The summed E-state index contributed by atoms with van der Waals surface area (Å²) in [4.78, 5) is 0. The van der Waals surface area contributed by atoms with Gasteiger partial charge < -0.3 is 5.73 Å². The molecule has 0 heterocycles. The van der Waals surface area contributed by atoms with Gasteiger partial charge in [0.1, 0.15) is 0 Å². The van der Waals surface area contributed by atoms with Crippen LogP contribution in [0.15, 0.2) is 29.8 Å². The zero-order valence-corrected chi connectivity index (χ0v) is 17.7. The van der Waals surface area contributed by atoms with Crippen molar-refractivity contribution < 1.29 is 0 Å². The normalized spacial score (nSPS) is 28.9. The molecule has 0 aromatic heterocycles. The quantitative estimate of drug-likeness (QED) is 0.474. The van der Waals surface area contributed by atoms with E-state index in [9.17, 15) is 0 Å². The SMILES string of the molecule is CC(C)c1ccc2c(c1)CCC1C(C)(C)CCC(=CCCCCN)[C@]21C. The van der Waals surface area contributed by atoms with E-state index in [2.05, 4.69) is 58.9 Å². The van der Waals surface area contributed by atoms with Gasteiger partial charge in [0, 0.05) is 5.41 Å². The molecule has 2 atom stereocenters. The van der Waals surface area contributed by atoms with Crippen LogP contribution in [0.4, 0.5) is 0 Å². The van der Waals surface area contributed by atoms with Gasteiger partial charge in [-0.05, 0) is 85.4 Å². The molecule has 2 aliphatic carbocycles. The summed E-state index contributed by atoms with van der Waals surface area (Å²) >= 11 is 0. The second-order valence-corrected chi connectivity index (χ2v) is 9.87. The van der Waals surface area contributed by atoms with Crippen molar-refractivity contribution in [2.75, 3.05) is 6.54 Å². The van der Waals surface area contributed by atoms with E-state index >= 15 is 0 Å². The zero-order valence-electron chi connectivity index (χ0n) is 17.7. The topological polar surface area (TPSA) is 26.0 Å². The largest absolute Gasteiger partial charge is 0.330 e. The maximum absolute atomic E-state index is 5.70. The highest BCUT2D eigenvalue weighted by molar-refractivity contribution is 5.48. The third-order valence-corrected chi connectivity index (χ3v) is 7.45. The Hall–Kier alpha value is -1.08. The number of allylic oxidation sites excluding steroid dienone is 2. The Balaban J connectivity index is 2.03. The van der Waals surface area contributed by atoms with Crippen molar-refractivity contribution in [3.63, 3.8) is 0 Å². The fourth-order valence-electron chi connectivity index (χ4n) is 5.80. The van der Waals surface area contributed by atoms with Crippen molar-refractivity contribution in [1.82, 2.24) is 0 Å². The van der Waals surface area contributed by atoms with Gasteiger partial charge in [0.25, 0.3) is 0 Å². The van der Waals surface area contributed by atoms with E-state index in [1.807, 2.05) is 0 Å². The lowest BCUT2D eigenvalue weighted by Crippen LogP contribution is -2.49. The maximum Gasteiger partial charge on any atom is 0.0169 e. The van der Waals surface area contributed by atoms with Gasteiger partial charge in [-0.3, -0.25) is 0 Å². The smallest absolute Gasteiger partial charge is 0.0169 e. The van der Waals surface area contributed by atoms with E-state index in [1.165, 1.54) is 44.1 Å². The molecular formula is C25H39N. The first-order chi connectivity index (χ1) is 12.3. The summed E-state index contributed by atoms with van der Waals surface area (Å²) in [6, 6.07) is 7.38. The van der Waals surface area contributed by atoms with E-state index < -0.39 is 0 Å². The van der Waals surface area contributed by atoms with Gasteiger partial charge in [-0.1, -0.05) is 64.5 Å². The number of fused-ring (bicyclic) bond motifs is 3. The number of unbranched alkanes of at least 4 members (excludes halogenated alkanes) is 2. The molecule has 0 radical (unpaired) electrons. The fourth-order valence-corrected chi connectivity index (χ4v) is 5.80. The van der Waals surface area contributed by atoms with Crippen LogP contribution in [0.1, 0.15) is 95.8 Å². The molecule has 1 nitrogen and oxygen atoms in total. The highest BCUT2D eigenvalue weighted by Gasteiger charge is 2.51. The number of aryl methyl sites for hydroxylation is 1. The summed E-state index contributed by atoms with van der Waals surface area (Å²) in [7, 11) is 0. The summed E-state index contributed by atoms with van der Waals surface area (Å²) in [5.74, 6) is 1.36. The van der Waals surface area contributed by atoms with Gasteiger partial charge in [0.05, 0.1) is 0 Å².